The lowest BCUT2D eigenvalue weighted by Gasteiger charge is -2.30. The number of likely N-dealkylation sites (N-methyl/N-ethyl adjacent to an activating group) is 1. The van der Waals surface area contributed by atoms with Crippen molar-refractivity contribution in [2.45, 2.75) is 38.8 Å². The van der Waals surface area contributed by atoms with Gasteiger partial charge in [-0.05, 0) is 27.2 Å². The molecular weight excluding hydrogens is 238 g/mol. The molecule has 0 aromatic rings. The average Bonchev–Trinajstić information content (AvgIpc) is 2.67. The molecule has 0 aliphatic carbocycles. The van der Waals surface area contributed by atoms with Gasteiger partial charge in [0.1, 0.15) is 11.6 Å². The molecule has 1 heterocycles. The van der Waals surface area contributed by atoms with Crippen LogP contribution in [0.3, 0.4) is 0 Å². The maximum Gasteiger partial charge on any atom is 0.410 e. The van der Waals surface area contributed by atoms with Crippen molar-refractivity contribution in [3.05, 3.63) is 0 Å². The molecule has 2 unspecified atom stereocenters. The quantitative estimate of drug-likeness (QED) is 0.827. The molecule has 1 saturated heterocycles. The number of carbonyl (C=O) groups is 2. The normalized spacial score (nSPS) is 21.4. The van der Waals surface area contributed by atoms with Gasteiger partial charge < -0.3 is 14.6 Å². The van der Waals surface area contributed by atoms with E-state index in [1.165, 1.54) is 7.05 Å². The van der Waals surface area contributed by atoms with Gasteiger partial charge in [0, 0.05) is 19.6 Å². The molecule has 6 nitrogen and oxygen atoms in total. The molecule has 0 radical (unpaired) electrons. The van der Waals surface area contributed by atoms with Crippen molar-refractivity contribution in [2.24, 2.45) is 5.92 Å². The Hall–Kier alpha value is -1.30. The third-order valence-electron chi connectivity index (χ3n) is 2.76. The molecule has 0 saturated carbocycles. The molecule has 1 N–H and O–H groups in total. The number of hydrogen-bond donors (Lipinski definition) is 1. The number of aliphatic carboxylic acids is 1. The van der Waals surface area contributed by atoms with Gasteiger partial charge in [0.15, 0.2) is 0 Å². The second-order valence-electron chi connectivity index (χ2n) is 5.50. The zero-order valence-electron chi connectivity index (χ0n) is 11.3. The number of amides is 1. The van der Waals surface area contributed by atoms with Crippen LogP contribution in [0.1, 0.15) is 27.2 Å². The van der Waals surface area contributed by atoms with Crippen LogP contribution in [0.2, 0.25) is 0 Å². The fraction of sp³-hybridized carbons (Fsp3) is 0.833. The summed E-state index contributed by atoms with van der Waals surface area (Å²) in [5, 5.41) is 9.25. The lowest BCUT2D eigenvalue weighted by molar-refractivity contribution is -0.144. The summed E-state index contributed by atoms with van der Waals surface area (Å²) < 4.78 is 10.3. The molecule has 1 amide bonds. The topological polar surface area (TPSA) is 76.1 Å². The largest absolute Gasteiger partial charge is 0.480 e. The van der Waals surface area contributed by atoms with Crippen LogP contribution in [-0.2, 0) is 14.3 Å². The summed E-state index contributed by atoms with van der Waals surface area (Å²) >= 11 is 0. The molecule has 0 spiro atoms. The first-order chi connectivity index (χ1) is 8.22. The van der Waals surface area contributed by atoms with E-state index in [9.17, 15) is 14.7 Å². The summed E-state index contributed by atoms with van der Waals surface area (Å²) in [6.07, 6.45) is 0.0196. The molecule has 0 bridgehead atoms. The second-order valence-corrected chi connectivity index (χ2v) is 5.50. The highest BCUT2D eigenvalue weighted by atomic mass is 16.6. The molecule has 2 atom stereocenters. The molecule has 18 heavy (non-hydrogen) atoms. The molecule has 1 aliphatic rings. The lowest BCUT2D eigenvalue weighted by atomic mass is 9.98. The number of carboxylic acid groups (broad SMARTS) is 1. The summed E-state index contributed by atoms with van der Waals surface area (Å²) in [5.74, 6) is -1.21. The first-order valence-electron chi connectivity index (χ1n) is 5.98. The first kappa shape index (κ1) is 14.8. The van der Waals surface area contributed by atoms with Crippen molar-refractivity contribution in [1.29, 1.82) is 0 Å². The van der Waals surface area contributed by atoms with Crippen LogP contribution in [0.15, 0.2) is 0 Å². The predicted octanol–water partition coefficient (Wildman–Crippen LogP) is 1.34. The van der Waals surface area contributed by atoms with E-state index in [0.717, 1.165) is 4.90 Å². The number of carbonyl (C=O) groups excluding carboxylic acids is 1. The van der Waals surface area contributed by atoms with Gasteiger partial charge in [0.2, 0.25) is 0 Å². The zero-order valence-corrected chi connectivity index (χ0v) is 11.3. The van der Waals surface area contributed by atoms with Gasteiger partial charge in [-0.3, -0.25) is 4.90 Å². The van der Waals surface area contributed by atoms with Gasteiger partial charge in [-0.1, -0.05) is 0 Å². The van der Waals surface area contributed by atoms with Crippen molar-refractivity contribution in [1.82, 2.24) is 4.90 Å². The monoisotopic (exact) mass is 259 g/mol. The smallest absolute Gasteiger partial charge is 0.410 e. The van der Waals surface area contributed by atoms with Crippen LogP contribution < -0.4 is 0 Å². The van der Waals surface area contributed by atoms with E-state index >= 15 is 0 Å². The average molecular weight is 259 g/mol. The molecule has 1 aliphatic heterocycles. The SMILES string of the molecule is CN(C(=O)OC(C)(C)C)C(C(=O)O)C1CCOC1. The van der Waals surface area contributed by atoms with Crippen molar-refractivity contribution < 1.29 is 24.2 Å². The van der Waals surface area contributed by atoms with E-state index in [-0.39, 0.29) is 5.92 Å². The van der Waals surface area contributed by atoms with Crippen molar-refractivity contribution >= 4 is 12.1 Å². The maximum absolute atomic E-state index is 11.9. The molecule has 6 heteroatoms. The van der Waals surface area contributed by atoms with E-state index in [4.69, 9.17) is 9.47 Å². The molecule has 104 valence electrons. The number of rotatable bonds is 3. The van der Waals surface area contributed by atoms with Crippen LogP contribution in [0, 0.1) is 5.92 Å². The summed E-state index contributed by atoms with van der Waals surface area (Å²) in [7, 11) is 1.45. The summed E-state index contributed by atoms with van der Waals surface area (Å²) in [5.41, 5.74) is -0.638. The Bertz CT molecular complexity index is 317. The van der Waals surface area contributed by atoms with Crippen LogP contribution in [0.5, 0.6) is 0 Å². The minimum Gasteiger partial charge on any atom is -0.480 e. The van der Waals surface area contributed by atoms with E-state index in [1.54, 1.807) is 20.8 Å². The Morgan fingerprint density at radius 3 is 2.44 bits per heavy atom. The molecule has 0 aromatic carbocycles. The number of hydrogen-bond acceptors (Lipinski definition) is 4. The number of ether oxygens (including phenoxy) is 2. The van der Waals surface area contributed by atoms with Gasteiger partial charge >= 0.3 is 12.1 Å². The summed E-state index contributed by atoms with van der Waals surface area (Å²) in [6, 6.07) is -0.901. The number of carboxylic acids is 1. The fourth-order valence-corrected chi connectivity index (χ4v) is 1.93. The van der Waals surface area contributed by atoms with Gasteiger partial charge in [0.25, 0.3) is 0 Å². The summed E-state index contributed by atoms with van der Waals surface area (Å²) in [6.45, 7) is 6.13. The van der Waals surface area contributed by atoms with Gasteiger partial charge in [-0.2, -0.15) is 0 Å². The predicted molar refractivity (Wildman–Crippen MR) is 64.3 cm³/mol. The standard InChI is InChI=1S/C12H21NO5/c1-12(2,3)18-11(16)13(4)9(10(14)15)8-5-6-17-7-8/h8-9H,5-7H2,1-4H3,(H,14,15). The highest BCUT2D eigenvalue weighted by Crippen LogP contribution is 2.22. The number of nitrogens with zero attached hydrogens (tertiary/aromatic N) is 1. The molecular formula is C12H21NO5. The Morgan fingerprint density at radius 2 is 2.06 bits per heavy atom. The van der Waals surface area contributed by atoms with Gasteiger partial charge in [-0.25, -0.2) is 9.59 Å². The highest BCUT2D eigenvalue weighted by molar-refractivity contribution is 5.80. The Morgan fingerprint density at radius 1 is 1.44 bits per heavy atom. The van der Waals surface area contributed by atoms with Crippen molar-refractivity contribution in [2.75, 3.05) is 20.3 Å². The van der Waals surface area contributed by atoms with Crippen molar-refractivity contribution in [3.8, 4) is 0 Å². The Labute approximate surface area is 107 Å². The molecule has 1 rings (SSSR count). The summed E-state index contributed by atoms with van der Waals surface area (Å²) in [4.78, 5) is 24.3. The third-order valence-corrected chi connectivity index (χ3v) is 2.76. The highest BCUT2D eigenvalue weighted by Gasteiger charge is 2.38. The van der Waals surface area contributed by atoms with Gasteiger partial charge in [0.05, 0.1) is 6.61 Å². The van der Waals surface area contributed by atoms with E-state index < -0.39 is 23.7 Å². The Balaban J connectivity index is 2.73. The van der Waals surface area contributed by atoms with Gasteiger partial charge in [-0.15, -0.1) is 0 Å². The van der Waals surface area contributed by atoms with E-state index in [0.29, 0.717) is 19.6 Å². The minimum atomic E-state index is -1.03. The zero-order chi connectivity index (χ0) is 13.9. The van der Waals surface area contributed by atoms with E-state index in [1.807, 2.05) is 0 Å². The first-order valence-corrected chi connectivity index (χ1v) is 5.98. The van der Waals surface area contributed by atoms with Crippen LogP contribution in [0.25, 0.3) is 0 Å². The second kappa shape index (κ2) is 5.56. The van der Waals surface area contributed by atoms with Crippen LogP contribution in [0.4, 0.5) is 4.79 Å². The van der Waals surface area contributed by atoms with Crippen LogP contribution >= 0.6 is 0 Å². The molecule has 1 fully saturated rings. The molecule has 0 aromatic heterocycles. The minimum absolute atomic E-state index is 0.181. The third kappa shape index (κ3) is 3.87. The van der Waals surface area contributed by atoms with Crippen LogP contribution in [-0.4, -0.2) is 54.0 Å². The van der Waals surface area contributed by atoms with Crippen molar-refractivity contribution in [3.63, 3.8) is 0 Å². The fourth-order valence-electron chi connectivity index (χ4n) is 1.93. The lowest BCUT2D eigenvalue weighted by Crippen LogP contribution is -2.49. The Kier molecular flexibility index (Phi) is 4.56. The maximum atomic E-state index is 11.9. The van der Waals surface area contributed by atoms with E-state index in [2.05, 4.69) is 0 Å².